The van der Waals surface area contributed by atoms with E-state index in [4.69, 9.17) is 0 Å². The molecule has 0 amide bonds. The summed E-state index contributed by atoms with van der Waals surface area (Å²) in [7, 11) is 0. The standard InChI is InChI=1S/C44H24N2S2/c45-25-27-14-17-33(32(20-27)26-46)31-23-36(29-15-18-42-38(21-29)34-10-4-6-12-40(34)47-42)44(28-8-2-1-3-9-28)37(24-31)30-16-19-43-39(22-30)35-11-5-7-13-41(35)48-43/h1-24H. The quantitative estimate of drug-likeness (QED) is 0.191. The Balaban J connectivity index is 1.40. The molecule has 0 aliphatic carbocycles. The second kappa shape index (κ2) is 11.3. The molecule has 9 rings (SSSR count). The topological polar surface area (TPSA) is 47.6 Å². The first-order chi connectivity index (χ1) is 23.7. The molecule has 0 N–H and O–H groups in total. The van der Waals surface area contributed by atoms with Gasteiger partial charge in [0.1, 0.15) is 0 Å². The van der Waals surface area contributed by atoms with Gasteiger partial charge in [0.05, 0.1) is 23.3 Å². The summed E-state index contributed by atoms with van der Waals surface area (Å²) < 4.78 is 5.06. The lowest BCUT2D eigenvalue weighted by Gasteiger charge is -2.20. The summed E-state index contributed by atoms with van der Waals surface area (Å²) in [6, 6.07) is 55.8. The molecule has 0 atom stereocenters. The van der Waals surface area contributed by atoms with Gasteiger partial charge < -0.3 is 0 Å². The third-order valence-electron chi connectivity index (χ3n) is 9.16. The lowest BCUT2D eigenvalue weighted by Crippen LogP contribution is -1.94. The van der Waals surface area contributed by atoms with Crippen molar-refractivity contribution in [2.75, 3.05) is 0 Å². The molecule has 0 saturated carbocycles. The number of fused-ring (bicyclic) bond motifs is 6. The van der Waals surface area contributed by atoms with Crippen molar-refractivity contribution in [2.24, 2.45) is 0 Å². The molecule has 2 heterocycles. The first-order valence-corrected chi connectivity index (χ1v) is 17.3. The minimum atomic E-state index is 0.473. The van der Waals surface area contributed by atoms with Gasteiger partial charge in [0, 0.05) is 40.3 Å². The third kappa shape index (κ3) is 4.59. The Morgan fingerprint density at radius 3 is 1.48 bits per heavy atom. The van der Waals surface area contributed by atoms with Crippen molar-refractivity contribution in [1.82, 2.24) is 0 Å². The van der Waals surface area contributed by atoms with Crippen LogP contribution in [0.1, 0.15) is 11.1 Å². The number of nitriles is 2. The van der Waals surface area contributed by atoms with Gasteiger partial charge in [0.15, 0.2) is 0 Å². The maximum absolute atomic E-state index is 10.2. The van der Waals surface area contributed by atoms with Gasteiger partial charge in [-0.15, -0.1) is 22.7 Å². The van der Waals surface area contributed by atoms with E-state index in [9.17, 15) is 10.5 Å². The summed E-state index contributed by atoms with van der Waals surface area (Å²) in [5.41, 5.74) is 9.38. The summed E-state index contributed by atoms with van der Waals surface area (Å²) in [5, 5.41) is 24.8. The average Bonchev–Trinajstić information content (AvgIpc) is 3.72. The Morgan fingerprint density at radius 1 is 0.375 bits per heavy atom. The third-order valence-corrected chi connectivity index (χ3v) is 11.5. The highest BCUT2D eigenvalue weighted by Gasteiger charge is 2.20. The van der Waals surface area contributed by atoms with Gasteiger partial charge >= 0.3 is 0 Å². The van der Waals surface area contributed by atoms with E-state index >= 15 is 0 Å². The zero-order chi connectivity index (χ0) is 32.2. The number of rotatable bonds is 4. The van der Waals surface area contributed by atoms with E-state index in [-0.39, 0.29) is 0 Å². The van der Waals surface area contributed by atoms with Crippen molar-refractivity contribution in [3.8, 4) is 56.6 Å². The van der Waals surface area contributed by atoms with E-state index in [1.54, 1.807) is 12.1 Å². The van der Waals surface area contributed by atoms with Crippen LogP contribution in [0, 0.1) is 22.7 Å². The highest BCUT2D eigenvalue weighted by molar-refractivity contribution is 7.26. The minimum absolute atomic E-state index is 0.473. The molecule has 0 fully saturated rings. The first kappa shape index (κ1) is 28.2. The Hall–Kier alpha value is -6.04. The summed E-state index contributed by atoms with van der Waals surface area (Å²) in [4.78, 5) is 0. The maximum atomic E-state index is 10.2. The van der Waals surface area contributed by atoms with Crippen LogP contribution in [0.15, 0.2) is 146 Å². The molecule has 48 heavy (non-hydrogen) atoms. The molecule has 222 valence electrons. The number of nitrogens with zero attached hydrogens (tertiary/aromatic N) is 2. The fourth-order valence-corrected chi connectivity index (χ4v) is 9.09. The predicted octanol–water partition coefficient (Wildman–Crippen LogP) is 12.8. The predicted molar refractivity (Wildman–Crippen MR) is 203 cm³/mol. The molecular weight excluding hydrogens is 621 g/mol. The summed E-state index contributed by atoms with van der Waals surface area (Å²) in [5.74, 6) is 0. The molecule has 0 aliphatic rings. The molecular formula is C44H24N2S2. The zero-order valence-electron chi connectivity index (χ0n) is 25.6. The van der Waals surface area contributed by atoms with E-state index in [1.165, 1.54) is 40.3 Å². The van der Waals surface area contributed by atoms with Crippen molar-refractivity contribution >= 4 is 63.0 Å². The van der Waals surface area contributed by atoms with Gasteiger partial charge in [-0.1, -0.05) is 84.9 Å². The van der Waals surface area contributed by atoms with Crippen molar-refractivity contribution < 1.29 is 0 Å². The number of benzene rings is 7. The van der Waals surface area contributed by atoms with Crippen LogP contribution in [-0.2, 0) is 0 Å². The van der Waals surface area contributed by atoms with Crippen LogP contribution in [0.5, 0.6) is 0 Å². The summed E-state index contributed by atoms with van der Waals surface area (Å²) >= 11 is 3.63. The van der Waals surface area contributed by atoms with Crippen molar-refractivity contribution in [2.45, 2.75) is 0 Å². The van der Waals surface area contributed by atoms with Gasteiger partial charge in [-0.2, -0.15) is 10.5 Å². The molecule has 0 radical (unpaired) electrons. The number of thiophene rings is 2. The maximum Gasteiger partial charge on any atom is 0.0998 e. The molecule has 0 bridgehead atoms. The van der Waals surface area contributed by atoms with E-state index in [0.29, 0.717) is 11.1 Å². The number of hydrogen-bond donors (Lipinski definition) is 0. The molecule has 4 heteroatoms. The normalized spacial score (nSPS) is 11.3. The molecule has 0 saturated heterocycles. The van der Waals surface area contributed by atoms with Gasteiger partial charge in [-0.25, -0.2) is 0 Å². The SMILES string of the molecule is N#Cc1ccc(-c2cc(-c3ccc4sc5ccccc5c4c3)c(-c3ccccc3)c(-c3ccc4sc5ccccc5c4c3)c2)c(C#N)c1. The van der Waals surface area contributed by atoms with Crippen LogP contribution in [0.3, 0.4) is 0 Å². The van der Waals surface area contributed by atoms with Gasteiger partial charge in [0.25, 0.3) is 0 Å². The Labute approximate surface area is 285 Å². The fraction of sp³-hybridized carbons (Fsp3) is 0. The zero-order valence-corrected chi connectivity index (χ0v) is 27.2. The van der Waals surface area contributed by atoms with E-state index < -0.39 is 0 Å². The highest BCUT2D eigenvalue weighted by atomic mass is 32.1. The Kier molecular flexibility index (Phi) is 6.66. The molecule has 2 nitrogen and oxygen atoms in total. The van der Waals surface area contributed by atoms with E-state index in [0.717, 1.165) is 44.5 Å². The largest absolute Gasteiger partial charge is 0.192 e. The highest BCUT2D eigenvalue weighted by Crippen LogP contribution is 2.47. The van der Waals surface area contributed by atoms with Crippen molar-refractivity contribution in [3.05, 3.63) is 157 Å². The number of hydrogen-bond acceptors (Lipinski definition) is 4. The molecule has 0 unspecified atom stereocenters. The van der Waals surface area contributed by atoms with Crippen LogP contribution < -0.4 is 0 Å². The molecule has 2 aromatic heterocycles. The second-order valence-corrected chi connectivity index (χ2v) is 14.1. The summed E-state index contributed by atoms with van der Waals surface area (Å²) in [6.45, 7) is 0. The minimum Gasteiger partial charge on any atom is -0.192 e. The van der Waals surface area contributed by atoms with Gasteiger partial charge in [-0.3, -0.25) is 0 Å². The van der Waals surface area contributed by atoms with Gasteiger partial charge in [-0.05, 0) is 105 Å². The lowest BCUT2D eigenvalue weighted by molar-refractivity contribution is 1.44. The van der Waals surface area contributed by atoms with Crippen LogP contribution in [0.4, 0.5) is 0 Å². The van der Waals surface area contributed by atoms with E-state index in [1.807, 2.05) is 28.7 Å². The van der Waals surface area contributed by atoms with Crippen LogP contribution in [-0.4, -0.2) is 0 Å². The molecule has 0 spiro atoms. The van der Waals surface area contributed by atoms with E-state index in [2.05, 4.69) is 140 Å². The molecule has 9 aromatic rings. The molecule has 0 aliphatic heterocycles. The second-order valence-electron chi connectivity index (χ2n) is 11.9. The Bertz CT molecular complexity index is 2670. The summed E-state index contributed by atoms with van der Waals surface area (Å²) in [6.07, 6.45) is 0. The van der Waals surface area contributed by atoms with Crippen molar-refractivity contribution in [1.29, 1.82) is 10.5 Å². The van der Waals surface area contributed by atoms with Crippen LogP contribution in [0.2, 0.25) is 0 Å². The average molecular weight is 645 g/mol. The first-order valence-electron chi connectivity index (χ1n) is 15.7. The van der Waals surface area contributed by atoms with Crippen LogP contribution >= 0.6 is 22.7 Å². The monoisotopic (exact) mass is 644 g/mol. The molecule has 7 aromatic carbocycles. The van der Waals surface area contributed by atoms with Crippen molar-refractivity contribution in [3.63, 3.8) is 0 Å². The Morgan fingerprint density at radius 2 is 0.917 bits per heavy atom. The smallest absolute Gasteiger partial charge is 0.0998 e. The fourth-order valence-electron chi connectivity index (χ4n) is 6.91. The lowest BCUT2D eigenvalue weighted by atomic mass is 9.83. The van der Waals surface area contributed by atoms with Gasteiger partial charge in [0.2, 0.25) is 0 Å². The van der Waals surface area contributed by atoms with Crippen LogP contribution in [0.25, 0.3) is 84.9 Å².